The molecule has 33 heavy (non-hydrogen) atoms. The van der Waals surface area contributed by atoms with E-state index < -0.39 is 0 Å². The van der Waals surface area contributed by atoms with Gasteiger partial charge in [-0.1, -0.05) is 56.0 Å². The summed E-state index contributed by atoms with van der Waals surface area (Å²) in [7, 11) is 0. The smallest absolute Gasteiger partial charge is 0.0395 e. The minimum Gasteiger partial charge on any atom is -1.00 e. The number of hydrogen-bond acceptors (Lipinski definition) is 0. The Morgan fingerprint density at radius 1 is 0.848 bits per heavy atom. The van der Waals surface area contributed by atoms with Crippen molar-refractivity contribution in [1.29, 1.82) is 0 Å². The molecule has 1 unspecified atom stereocenters. The topological polar surface area (TPSA) is 0 Å². The molecule has 0 saturated carbocycles. The van der Waals surface area contributed by atoms with Crippen LogP contribution in [0.1, 0.15) is 44.4 Å². The molecule has 0 saturated heterocycles. The maximum absolute atomic E-state index is 3.36. The molecule has 1 aliphatic carbocycles. The van der Waals surface area contributed by atoms with E-state index in [4.69, 9.17) is 0 Å². The number of rotatable bonds is 1. The zero-order valence-electron chi connectivity index (χ0n) is 21.5. The fraction of sp³-hybridized carbons (Fsp3) is 0.345. The van der Waals surface area contributed by atoms with Crippen molar-refractivity contribution in [2.24, 2.45) is 5.92 Å². The minimum atomic E-state index is 0. The second-order valence-corrected chi connectivity index (χ2v) is 18.3. The van der Waals surface area contributed by atoms with Gasteiger partial charge in [-0.2, -0.15) is 11.1 Å². The maximum Gasteiger partial charge on any atom is -0.0395 e. The first-order valence-electron chi connectivity index (χ1n) is 11.0. The van der Waals surface area contributed by atoms with E-state index in [1.807, 2.05) is 0 Å². The summed E-state index contributed by atoms with van der Waals surface area (Å²) < 4.78 is 0. The fourth-order valence-electron chi connectivity index (χ4n) is 3.80. The van der Waals surface area contributed by atoms with E-state index in [0.29, 0.717) is 5.92 Å². The zero-order valence-corrected chi connectivity index (χ0v) is 26.4. The number of benzene rings is 2. The average molecular weight is 575 g/mol. The van der Waals surface area contributed by atoms with Gasteiger partial charge in [-0.15, -0.1) is 53.6 Å². The van der Waals surface area contributed by atoms with Gasteiger partial charge >= 0.3 is 41.9 Å². The largest absolute Gasteiger partial charge is 1.00 e. The van der Waals surface area contributed by atoms with Crippen molar-refractivity contribution >= 4 is 16.2 Å². The van der Waals surface area contributed by atoms with E-state index >= 15 is 0 Å². The Labute approximate surface area is 229 Å². The maximum atomic E-state index is 3.36. The van der Waals surface area contributed by atoms with Gasteiger partial charge in [-0.05, 0) is 31.9 Å². The summed E-state index contributed by atoms with van der Waals surface area (Å²) in [4.78, 5) is 0. The third-order valence-corrected chi connectivity index (χ3v) is 6.05. The molecular formula is C29H36Cl2SiZr-2. The van der Waals surface area contributed by atoms with E-state index in [9.17, 15) is 0 Å². The van der Waals surface area contributed by atoms with E-state index in [1.54, 1.807) is 23.3 Å². The van der Waals surface area contributed by atoms with Crippen LogP contribution in [-0.4, -0.2) is 5.43 Å². The molecule has 176 valence electrons. The Bertz CT molecular complexity index is 1150. The Hall–Kier alpha value is -0.790. The monoisotopic (exact) mass is 572 g/mol. The SMILES string of the molecule is CC1=[C-]C(C)C(C)=C1C.C[Si](C)=[Zr+2].Cc1cc(C)c(-c2c[cH-]c3ccccc23)cc1C.[Cl-].[Cl-]. The summed E-state index contributed by atoms with van der Waals surface area (Å²) >= 11 is 1.74. The van der Waals surface area contributed by atoms with Gasteiger partial charge in [0.25, 0.3) is 0 Å². The zero-order chi connectivity index (χ0) is 23.3. The van der Waals surface area contributed by atoms with Crippen molar-refractivity contribution in [3.63, 3.8) is 0 Å². The van der Waals surface area contributed by atoms with Crippen LogP contribution >= 0.6 is 0 Å². The van der Waals surface area contributed by atoms with Crippen molar-refractivity contribution in [3.8, 4) is 11.1 Å². The van der Waals surface area contributed by atoms with Gasteiger partial charge in [-0.3, -0.25) is 6.08 Å². The molecule has 1 atom stereocenters. The van der Waals surface area contributed by atoms with E-state index in [2.05, 4.69) is 116 Å². The van der Waals surface area contributed by atoms with E-state index in [-0.39, 0.29) is 30.2 Å². The third-order valence-electron chi connectivity index (χ3n) is 6.05. The van der Waals surface area contributed by atoms with Crippen molar-refractivity contribution < 1.29 is 48.1 Å². The molecule has 0 heterocycles. The Kier molecular flexibility index (Phi) is 14.2. The molecule has 0 N–H and O–H groups in total. The van der Waals surface area contributed by atoms with Gasteiger partial charge in [0.1, 0.15) is 0 Å². The summed E-state index contributed by atoms with van der Waals surface area (Å²) in [5.74, 6) is 0.560. The van der Waals surface area contributed by atoms with Crippen LogP contribution in [0.5, 0.6) is 0 Å². The van der Waals surface area contributed by atoms with Crippen LogP contribution in [0.4, 0.5) is 0 Å². The van der Waals surface area contributed by atoms with Gasteiger partial charge in [-0.25, -0.2) is 5.57 Å². The van der Waals surface area contributed by atoms with Crippen LogP contribution in [0, 0.1) is 32.8 Å². The fourth-order valence-corrected chi connectivity index (χ4v) is 3.80. The average Bonchev–Trinajstić information content (AvgIpc) is 3.22. The summed E-state index contributed by atoms with van der Waals surface area (Å²) in [5, 5.41) is 2.67. The second kappa shape index (κ2) is 14.6. The second-order valence-electron chi connectivity index (χ2n) is 8.88. The quantitative estimate of drug-likeness (QED) is 0.310. The summed E-state index contributed by atoms with van der Waals surface area (Å²) in [5.41, 5.74) is 11.3. The first-order valence-corrected chi connectivity index (χ1v) is 17.2. The number of aryl methyl sites for hydroxylation is 3. The van der Waals surface area contributed by atoms with Crippen molar-refractivity contribution in [2.45, 2.75) is 61.6 Å². The van der Waals surface area contributed by atoms with E-state index in [0.717, 1.165) is 0 Å². The van der Waals surface area contributed by atoms with Crippen LogP contribution in [0.25, 0.3) is 21.9 Å². The first-order chi connectivity index (χ1) is 14.5. The number of halogens is 2. The van der Waals surface area contributed by atoms with Gasteiger partial charge in [0.15, 0.2) is 0 Å². The standard InChI is InChI=1S/C18H17.C9H13.C2H6Si.2ClH.Zr/c1-12-10-14(3)18(11-13(12)2)17-9-8-15-6-4-5-7-16(15)17;1-6-5-7(2)9(4)8(6)3;1-3-2;;;/h4-11H,1-3H3;6H,1-4H3;1-2H3;2*1H;/q2*-1;;;;+2/p-2. The van der Waals surface area contributed by atoms with Crippen LogP contribution in [0.15, 0.2) is 65.3 Å². The van der Waals surface area contributed by atoms with Crippen molar-refractivity contribution in [3.05, 3.63) is 88.0 Å². The van der Waals surface area contributed by atoms with Gasteiger partial charge in [0, 0.05) is 0 Å². The molecule has 0 fully saturated rings. The molecule has 3 aromatic carbocycles. The minimum absolute atomic E-state index is 0. The Balaban J connectivity index is 0.000000580. The number of fused-ring (bicyclic) bond motifs is 1. The molecular weight excluding hydrogens is 539 g/mol. The molecule has 0 bridgehead atoms. The van der Waals surface area contributed by atoms with Crippen LogP contribution in [0.3, 0.4) is 0 Å². The van der Waals surface area contributed by atoms with Crippen LogP contribution < -0.4 is 24.8 Å². The van der Waals surface area contributed by atoms with Gasteiger partial charge < -0.3 is 24.8 Å². The molecule has 0 aromatic heterocycles. The normalized spacial score (nSPS) is 14.3. The van der Waals surface area contributed by atoms with Crippen LogP contribution in [-0.2, 0) is 23.3 Å². The van der Waals surface area contributed by atoms with Crippen LogP contribution in [0.2, 0.25) is 13.1 Å². The molecule has 1 aliphatic rings. The molecule has 4 rings (SSSR count). The molecule has 0 amide bonds. The van der Waals surface area contributed by atoms with Crippen molar-refractivity contribution in [2.75, 3.05) is 0 Å². The predicted octanol–water partition coefficient (Wildman–Crippen LogP) is 2.67. The summed E-state index contributed by atoms with van der Waals surface area (Å²) in [6.45, 7) is 19.8. The third kappa shape index (κ3) is 8.74. The molecule has 4 heteroatoms. The van der Waals surface area contributed by atoms with Gasteiger partial charge in [0.05, 0.1) is 0 Å². The first kappa shape index (κ1) is 32.2. The molecule has 0 spiro atoms. The van der Waals surface area contributed by atoms with Crippen molar-refractivity contribution in [1.82, 2.24) is 0 Å². The molecule has 0 nitrogen and oxygen atoms in total. The molecule has 0 radical (unpaired) electrons. The molecule has 0 aliphatic heterocycles. The number of hydrogen-bond donors (Lipinski definition) is 0. The summed E-state index contributed by atoms with van der Waals surface area (Å²) in [6.07, 6.45) is 3.36. The number of allylic oxidation sites excluding steroid dienone is 4. The Morgan fingerprint density at radius 2 is 1.39 bits per heavy atom. The van der Waals surface area contributed by atoms with E-state index in [1.165, 1.54) is 55.3 Å². The molecule has 3 aromatic rings. The Morgan fingerprint density at radius 3 is 1.88 bits per heavy atom. The summed E-state index contributed by atoms with van der Waals surface area (Å²) in [6, 6.07) is 17.6. The predicted molar refractivity (Wildman–Crippen MR) is 137 cm³/mol. The van der Waals surface area contributed by atoms with Gasteiger partial charge in [0.2, 0.25) is 0 Å².